The molecule has 0 spiro atoms. The van der Waals surface area contributed by atoms with E-state index >= 15 is 0 Å². The summed E-state index contributed by atoms with van der Waals surface area (Å²) in [5.41, 5.74) is 0. The van der Waals surface area contributed by atoms with Gasteiger partial charge < -0.3 is 4.74 Å². The molecular weight excluding hydrogens is 340 g/mol. The van der Waals surface area contributed by atoms with E-state index in [9.17, 15) is 17.2 Å². The fourth-order valence-electron chi connectivity index (χ4n) is 2.28. The normalized spacial score (nSPS) is 19.8. The summed E-state index contributed by atoms with van der Waals surface area (Å²) in [4.78, 5) is 5.30. The zero-order valence-corrected chi connectivity index (χ0v) is 13.2. The molecule has 124 valence electrons. The van der Waals surface area contributed by atoms with Gasteiger partial charge in [-0.2, -0.15) is 0 Å². The molecule has 0 aromatic carbocycles. The van der Waals surface area contributed by atoms with Gasteiger partial charge in [-0.25, -0.2) is 27.3 Å². The quantitative estimate of drug-likeness (QED) is 0.832. The van der Waals surface area contributed by atoms with Crippen LogP contribution in [0.3, 0.4) is 0 Å². The highest BCUT2D eigenvalue weighted by Crippen LogP contribution is 2.25. The molecule has 1 fully saturated rings. The lowest BCUT2D eigenvalue weighted by Crippen LogP contribution is -2.27. The van der Waals surface area contributed by atoms with Crippen LogP contribution in [0, 0.1) is 5.92 Å². The monoisotopic (exact) mass is 355 g/mol. The number of nitrogens with two attached hydrogens (primary N) is 1. The molecule has 2 heterocycles. The molecule has 0 amide bonds. The largest absolute Gasteiger partial charge is 0.476 e. The lowest BCUT2D eigenvalue weighted by molar-refractivity contribution is 0.0962. The van der Waals surface area contributed by atoms with Crippen molar-refractivity contribution in [3.05, 3.63) is 17.3 Å². The standard InChI is InChI=1S/C12H16ClF2N3O3S/c13-10-3-9(22(16,19)20)4-17-12(10)21-7-8-1-2-18(5-8)6-11(14)15/h3-4,8,11H,1-2,5-7H2,(H2,16,19,20). The van der Waals surface area contributed by atoms with Crippen molar-refractivity contribution in [2.75, 3.05) is 26.2 Å². The maximum atomic E-state index is 12.3. The van der Waals surface area contributed by atoms with Crippen LogP contribution in [0.5, 0.6) is 5.88 Å². The lowest BCUT2D eigenvalue weighted by Gasteiger charge is -2.15. The number of halogens is 3. The Morgan fingerprint density at radius 2 is 2.27 bits per heavy atom. The lowest BCUT2D eigenvalue weighted by atomic mass is 10.1. The average Bonchev–Trinajstić information content (AvgIpc) is 2.83. The Morgan fingerprint density at radius 1 is 1.55 bits per heavy atom. The molecule has 2 N–H and O–H groups in total. The van der Waals surface area contributed by atoms with Crippen LogP contribution in [0.25, 0.3) is 0 Å². The highest BCUT2D eigenvalue weighted by molar-refractivity contribution is 7.89. The molecule has 2 rings (SSSR count). The van der Waals surface area contributed by atoms with E-state index in [1.165, 1.54) is 0 Å². The van der Waals surface area contributed by atoms with Crippen LogP contribution < -0.4 is 9.88 Å². The second kappa shape index (κ2) is 7.03. The van der Waals surface area contributed by atoms with Crippen molar-refractivity contribution in [1.29, 1.82) is 0 Å². The molecular formula is C12H16ClF2N3O3S. The number of rotatable bonds is 6. The second-order valence-electron chi connectivity index (χ2n) is 5.12. The smallest absolute Gasteiger partial charge is 0.251 e. The Balaban J connectivity index is 1.90. The molecule has 1 aliphatic rings. The van der Waals surface area contributed by atoms with Gasteiger partial charge in [-0.05, 0) is 19.0 Å². The number of primary sulfonamides is 1. The second-order valence-corrected chi connectivity index (χ2v) is 7.09. The Morgan fingerprint density at radius 3 is 2.86 bits per heavy atom. The summed E-state index contributed by atoms with van der Waals surface area (Å²) < 4.78 is 52.4. The maximum Gasteiger partial charge on any atom is 0.251 e. The number of ether oxygens (including phenoxy) is 1. The summed E-state index contributed by atoms with van der Waals surface area (Å²) in [5.74, 6) is 0.205. The maximum absolute atomic E-state index is 12.3. The fraction of sp³-hybridized carbons (Fsp3) is 0.583. The molecule has 0 radical (unpaired) electrons. The fourth-order valence-corrected chi connectivity index (χ4v) is 3.04. The minimum absolute atomic E-state index is 0.0361. The third kappa shape index (κ3) is 4.73. The molecule has 1 saturated heterocycles. The van der Waals surface area contributed by atoms with E-state index in [2.05, 4.69) is 4.98 Å². The number of sulfonamides is 1. The summed E-state index contributed by atoms with van der Waals surface area (Å²) in [7, 11) is -3.87. The first-order valence-electron chi connectivity index (χ1n) is 6.57. The van der Waals surface area contributed by atoms with E-state index in [0.29, 0.717) is 13.1 Å². The van der Waals surface area contributed by atoms with Gasteiger partial charge in [-0.3, -0.25) is 4.90 Å². The van der Waals surface area contributed by atoms with E-state index in [1.54, 1.807) is 4.90 Å². The zero-order valence-electron chi connectivity index (χ0n) is 11.6. The van der Waals surface area contributed by atoms with Crippen molar-refractivity contribution in [2.24, 2.45) is 11.1 Å². The summed E-state index contributed by atoms with van der Waals surface area (Å²) in [6.07, 6.45) is -0.532. The van der Waals surface area contributed by atoms with Crippen molar-refractivity contribution in [2.45, 2.75) is 17.7 Å². The van der Waals surface area contributed by atoms with E-state index in [1.807, 2.05) is 0 Å². The average molecular weight is 356 g/mol. The number of alkyl halides is 2. The van der Waals surface area contributed by atoms with E-state index in [0.717, 1.165) is 18.7 Å². The number of hydrogen-bond acceptors (Lipinski definition) is 5. The van der Waals surface area contributed by atoms with Gasteiger partial charge in [0.05, 0.1) is 19.3 Å². The van der Waals surface area contributed by atoms with Crippen molar-refractivity contribution < 1.29 is 21.9 Å². The Labute approximate surface area is 132 Å². The Bertz CT molecular complexity index is 630. The summed E-state index contributed by atoms with van der Waals surface area (Å²) in [6.45, 7) is 1.17. The molecule has 6 nitrogen and oxygen atoms in total. The summed E-state index contributed by atoms with van der Waals surface area (Å²) in [5, 5.41) is 5.01. The first-order valence-corrected chi connectivity index (χ1v) is 8.50. The zero-order chi connectivity index (χ0) is 16.3. The first-order chi connectivity index (χ1) is 10.3. The SMILES string of the molecule is NS(=O)(=O)c1cnc(OCC2CCN(CC(F)F)C2)c(Cl)c1. The summed E-state index contributed by atoms with van der Waals surface area (Å²) >= 11 is 5.90. The Kier molecular flexibility index (Phi) is 5.54. The molecule has 22 heavy (non-hydrogen) atoms. The van der Waals surface area contributed by atoms with Crippen LogP contribution in [0.1, 0.15) is 6.42 Å². The van der Waals surface area contributed by atoms with Gasteiger partial charge in [0.15, 0.2) is 0 Å². The van der Waals surface area contributed by atoms with E-state index < -0.39 is 16.4 Å². The minimum atomic E-state index is -3.87. The molecule has 1 aliphatic heterocycles. The van der Waals surface area contributed by atoms with E-state index in [-0.39, 0.29) is 34.9 Å². The Hall–Kier alpha value is -1.03. The van der Waals surface area contributed by atoms with Crippen LogP contribution >= 0.6 is 11.6 Å². The van der Waals surface area contributed by atoms with Crippen LogP contribution in [-0.2, 0) is 10.0 Å². The molecule has 0 bridgehead atoms. The van der Waals surface area contributed by atoms with Crippen molar-refractivity contribution in [3.8, 4) is 5.88 Å². The number of nitrogens with zero attached hydrogens (tertiary/aromatic N) is 2. The van der Waals surface area contributed by atoms with Gasteiger partial charge in [0.1, 0.15) is 9.92 Å². The van der Waals surface area contributed by atoms with E-state index in [4.69, 9.17) is 21.5 Å². The molecule has 1 aromatic heterocycles. The highest BCUT2D eigenvalue weighted by Gasteiger charge is 2.25. The van der Waals surface area contributed by atoms with Crippen molar-refractivity contribution >= 4 is 21.6 Å². The van der Waals surface area contributed by atoms with Gasteiger partial charge >= 0.3 is 0 Å². The predicted octanol–water partition coefficient (Wildman–Crippen LogP) is 1.35. The van der Waals surface area contributed by atoms with Gasteiger partial charge in [-0.15, -0.1) is 0 Å². The number of pyridine rings is 1. The van der Waals surface area contributed by atoms with Crippen LogP contribution in [0.2, 0.25) is 5.02 Å². The van der Waals surface area contributed by atoms with Gasteiger partial charge in [0, 0.05) is 12.5 Å². The van der Waals surface area contributed by atoms with Gasteiger partial charge in [0.2, 0.25) is 15.9 Å². The van der Waals surface area contributed by atoms with Gasteiger partial charge in [0.25, 0.3) is 6.43 Å². The van der Waals surface area contributed by atoms with Crippen LogP contribution in [-0.4, -0.2) is 51.0 Å². The topological polar surface area (TPSA) is 85.5 Å². The highest BCUT2D eigenvalue weighted by atomic mass is 35.5. The first kappa shape index (κ1) is 17.3. The van der Waals surface area contributed by atoms with Crippen LogP contribution in [0.15, 0.2) is 17.2 Å². The predicted molar refractivity (Wildman–Crippen MR) is 76.7 cm³/mol. The molecule has 1 unspecified atom stereocenters. The van der Waals surface area contributed by atoms with Crippen LogP contribution in [0.4, 0.5) is 8.78 Å². The molecule has 10 heteroatoms. The molecule has 1 aromatic rings. The number of likely N-dealkylation sites (tertiary alicyclic amines) is 1. The van der Waals surface area contributed by atoms with Crippen molar-refractivity contribution in [1.82, 2.24) is 9.88 Å². The number of hydrogen-bond donors (Lipinski definition) is 1. The minimum Gasteiger partial charge on any atom is -0.476 e. The molecule has 0 saturated carbocycles. The van der Waals surface area contributed by atoms with Crippen molar-refractivity contribution in [3.63, 3.8) is 0 Å². The third-order valence-electron chi connectivity index (χ3n) is 3.33. The molecule has 1 atom stereocenters. The number of aromatic nitrogens is 1. The van der Waals surface area contributed by atoms with Gasteiger partial charge in [-0.1, -0.05) is 11.6 Å². The summed E-state index contributed by atoms with van der Waals surface area (Å²) in [6, 6.07) is 1.16. The molecule has 0 aliphatic carbocycles. The third-order valence-corrected chi connectivity index (χ3v) is 4.48.